The van der Waals surface area contributed by atoms with E-state index in [-0.39, 0.29) is 5.91 Å². The minimum absolute atomic E-state index is 0.227. The molecule has 0 saturated carbocycles. The molecule has 2 aromatic rings. The van der Waals surface area contributed by atoms with Gasteiger partial charge < -0.3 is 15.0 Å². The fourth-order valence-electron chi connectivity index (χ4n) is 3.07. The first-order chi connectivity index (χ1) is 12.6. The van der Waals surface area contributed by atoms with Crippen LogP contribution in [-0.4, -0.2) is 26.1 Å². The van der Waals surface area contributed by atoms with Crippen LogP contribution in [-0.2, 0) is 4.79 Å². The Bertz CT molecular complexity index is 831. The molecule has 1 N–H and O–H groups in total. The summed E-state index contributed by atoms with van der Waals surface area (Å²) < 4.78 is 5.29. The molecule has 0 unspecified atom stereocenters. The zero-order valence-electron chi connectivity index (χ0n) is 14.5. The monoisotopic (exact) mass is 390 g/mol. The predicted octanol–water partition coefficient (Wildman–Crippen LogP) is 5.25. The number of para-hydroxylation sites is 2. The van der Waals surface area contributed by atoms with E-state index in [2.05, 4.69) is 10.2 Å². The van der Waals surface area contributed by atoms with E-state index < -0.39 is 0 Å². The SMILES string of the molecule is COc1c(Cl)cc(Cl)cc1/C=C/C(=O)Nc1ccccc1N1CCCC1. The topological polar surface area (TPSA) is 41.6 Å². The summed E-state index contributed by atoms with van der Waals surface area (Å²) in [7, 11) is 1.53. The Balaban J connectivity index is 1.77. The maximum absolute atomic E-state index is 12.4. The van der Waals surface area contributed by atoms with Crippen molar-refractivity contribution in [2.45, 2.75) is 12.8 Å². The highest BCUT2D eigenvalue weighted by atomic mass is 35.5. The number of benzene rings is 2. The third-order valence-corrected chi connectivity index (χ3v) is 4.76. The molecule has 2 aromatic carbocycles. The summed E-state index contributed by atoms with van der Waals surface area (Å²) in [6, 6.07) is 11.1. The first-order valence-electron chi connectivity index (χ1n) is 8.44. The average molecular weight is 391 g/mol. The summed E-state index contributed by atoms with van der Waals surface area (Å²) in [5, 5.41) is 3.83. The Morgan fingerprint density at radius 2 is 1.92 bits per heavy atom. The number of nitrogens with zero attached hydrogens (tertiary/aromatic N) is 1. The zero-order valence-corrected chi connectivity index (χ0v) is 16.0. The van der Waals surface area contributed by atoms with E-state index in [4.69, 9.17) is 27.9 Å². The molecule has 1 amide bonds. The summed E-state index contributed by atoms with van der Waals surface area (Å²) in [5.41, 5.74) is 2.50. The molecule has 136 valence electrons. The molecule has 1 aliphatic heterocycles. The van der Waals surface area contributed by atoms with Gasteiger partial charge in [0.2, 0.25) is 5.91 Å². The maximum atomic E-state index is 12.4. The summed E-state index contributed by atoms with van der Waals surface area (Å²) in [6.45, 7) is 2.03. The van der Waals surface area contributed by atoms with Gasteiger partial charge >= 0.3 is 0 Å². The highest BCUT2D eigenvalue weighted by Crippen LogP contribution is 2.33. The number of anilines is 2. The van der Waals surface area contributed by atoms with Crippen molar-refractivity contribution in [1.29, 1.82) is 0 Å². The number of rotatable bonds is 5. The lowest BCUT2D eigenvalue weighted by atomic mass is 10.2. The first kappa shape index (κ1) is 18.6. The third-order valence-electron chi connectivity index (χ3n) is 4.26. The van der Waals surface area contributed by atoms with Crippen LogP contribution < -0.4 is 15.0 Å². The molecule has 3 rings (SSSR count). The van der Waals surface area contributed by atoms with Gasteiger partial charge in [-0.1, -0.05) is 35.3 Å². The fourth-order valence-corrected chi connectivity index (χ4v) is 3.66. The summed E-state index contributed by atoms with van der Waals surface area (Å²) in [4.78, 5) is 14.7. The smallest absolute Gasteiger partial charge is 0.248 e. The van der Waals surface area contributed by atoms with E-state index in [9.17, 15) is 4.79 Å². The van der Waals surface area contributed by atoms with Crippen LogP contribution in [0.2, 0.25) is 10.0 Å². The van der Waals surface area contributed by atoms with Gasteiger partial charge in [-0.2, -0.15) is 0 Å². The Hall–Kier alpha value is -2.17. The van der Waals surface area contributed by atoms with Gasteiger partial charge in [0.15, 0.2) is 0 Å². The fraction of sp³-hybridized carbons (Fsp3) is 0.250. The predicted molar refractivity (Wildman–Crippen MR) is 109 cm³/mol. The van der Waals surface area contributed by atoms with Gasteiger partial charge in [0.1, 0.15) is 5.75 Å². The minimum atomic E-state index is -0.227. The number of carbonyl (C=O) groups excluding carboxylic acids is 1. The van der Waals surface area contributed by atoms with Gasteiger partial charge in [-0.05, 0) is 43.2 Å². The standard InChI is InChI=1S/C20H20Cl2N2O2/c1-26-20-14(12-15(21)13-16(20)22)8-9-19(25)23-17-6-2-3-7-18(17)24-10-4-5-11-24/h2-3,6-9,12-13H,4-5,10-11H2,1H3,(H,23,25)/b9-8+. The van der Waals surface area contributed by atoms with Crippen molar-refractivity contribution in [2.75, 3.05) is 30.4 Å². The van der Waals surface area contributed by atoms with Crippen LogP contribution in [0.5, 0.6) is 5.75 Å². The number of hydrogen-bond acceptors (Lipinski definition) is 3. The number of nitrogens with one attached hydrogen (secondary N) is 1. The molecule has 1 aliphatic rings. The molecule has 26 heavy (non-hydrogen) atoms. The molecule has 0 aromatic heterocycles. The summed E-state index contributed by atoms with van der Waals surface area (Å²) in [5.74, 6) is 0.257. The molecule has 1 saturated heterocycles. The molecule has 0 radical (unpaired) electrons. The number of amides is 1. The van der Waals surface area contributed by atoms with Crippen molar-refractivity contribution in [1.82, 2.24) is 0 Å². The van der Waals surface area contributed by atoms with E-state index in [1.54, 1.807) is 18.2 Å². The molecular formula is C20H20Cl2N2O2. The minimum Gasteiger partial charge on any atom is -0.495 e. The van der Waals surface area contributed by atoms with Crippen molar-refractivity contribution < 1.29 is 9.53 Å². The van der Waals surface area contributed by atoms with Gasteiger partial charge in [-0.3, -0.25) is 4.79 Å². The van der Waals surface area contributed by atoms with E-state index >= 15 is 0 Å². The second kappa shape index (κ2) is 8.47. The first-order valence-corrected chi connectivity index (χ1v) is 9.20. The molecule has 6 heteroatoms. The number of ether oxygens (including phenoxy) is 1. The Labute approximate surface area is 163 Å². The second-order valence-electron chi connectivity index (χ2n) is 6.04. The molecule has 1 heterocycles. The Kier molecular flexibility index (Phi) is 6.07. The van der Waals surface area contributed by atoms with E-state index in [0.717, 1.165) is 24.5 Å². The lowest BCUT2D eigenvalue weighted by Gasteiger charge is -2.21. The molecule has 0 aliphatic carbocycles. The van der Waals surface area contributed by atoms with Crippen molar-refractivity contribution in [3.05, 3.63) is 58.1 Å². The summed E-state index contributed by atoms with van der Waals surface area (Å²) in [6.07, 6.45) is 5.45. The van der Waals surface area contributed by atoms with E-state index in [1.807, 2.05) is 24.3 Å². The van der Waals surface area contributed by atoms with Crippen molar-refractivity contribution >= 4 is 46.6 Å². The quantitative estimate of drug-likeness (QED) is 0.708. The maximum Gasteiger partial charge on any atom is 0.248 e. The Morgan fingerprint density at radius 3 is 2.65 bits per heavy atom. The molecular weight excluding hydrogens is 371 g/mol. The lowest BCUT2D eigenvalue weighted by Crippen LogP contribution is -2.20. The van der Waals surface area contributed by atoms with Crippen LogP contribution in [0.1, 0.15) is 18.4 Å². The number of methoxy groups -OCH3 is 1. The van der Waals surface area contributed by atoms with Gasteiger partial charge in [-0.25, -0.2) is 0 Å². The van der Waals surface area contributed by atoms with Gasteiger partial charge in [0.05, 0.1) is 23.5 Å². The highest BCUT2D eigenvalue weighted by molar-refractivity contribution is 6.36. The largest absolute Gasteiger partial charge is 0.495 e. The average Bonchev–Trinajstić information content (AvgIpc) is 3.14. The third kappa shape index (κ3) is 4.32. The van der Waals surface area contributed by atoms with Crippen LogP contribution >= 0.6 is 23.2 Å². The van der Waals surface area contributed by atoms with Crippen LogP contribution in [0, 0.1) is 0 Å². The van der Waals surface area contributed by atoms with Crippen LogP contribution in [0.15, 0.2) is 42.5 Å². The lowest BCUT2D eigenvalue weighted by molar-refractivity contribution is -0.111. The van der Waals surface area contributed by atoms with Crippen molar-refractivity contribution in [3.63, 3.8) is 0 Å². The number of halogens is 2. The zero-order chi connectivity index (χ0) is 18.5. The number of hydrogen-bond donors (Lipinski definition) is 1. The molecule has 0 spiro atoms. The molecule has 0 atom stereocenters. The molecule has 4 nitrogen and oxygen atoms in total. The Morgan fingerprint density at radius 1 is 1.19 bits per heavy atom. The highest BCUT2D eigenvalue weighted by Gasteiger charge is 2.16. The van der Waals surface area contributed by atoms with Crippen molar-refractivity contribution in [2.24, 2.45) is 0 Å². The van der Waals surface area contributed by atoms with Gasteiger partial charge in [0, 0.05) is 29.8 Å². The normalized spacial score (nSPS) is 14.0. The van der Waals surface area contributed by atoms with Gasteiger partial charge in [0.25, 0.3) is 0 Å². The number of carbonyl (C=O) groups is 1. The van der Waals surface area contributed by atoms with Crippen LogP contribution in [0.3, 0.4) is 0 Å². The van der Waals surface area contributed by atoms with Crippen LogP contribution in [0.25, 0.3) is 6.08 Å². The van der Waals surface area contributed by atoms with E-state index in [1.165, 1.54) is 26.0 Å². The summed E-state index contributed by atoms with van der Waals surface area (Å²) >= 11 is 12.2. The second-order valence-corrected chi connectivity index (χ2v) is 6.89. The van der Waals surface area contributed by atoms with Crippen molar-refractivity contribution in [3.8, 4) is 5.75 Å². The van der Waals surface area contributed by atoms with Crippen LogP contribution in [0.4, 0.5) is 11.4 Å². The molecule has 1 fully saturated rings. The van der Waals surface area contributed by atoms with E-state index in [0.29, 0.717) is 21.4 Å². The molecule has 0 bridgehead atoms. The van der Waals surface area contributed by atoms with Gasteiger partial charge in [-0.15, -0.1) is 0 Å².